The van der Waals surface area contributed by atoms with Crippen molar-refractivity contribution in [3.8, 4) is 11.8 Å². The quantitative estimate of drug-likeness (QED) is 0.475. The van der Waals surface area contributed by atoms with Crippen LogP contribution in [0.4, 0.5) is 5.13 Å². The van der Waals surface area contributed by atoms with Crippen molar-refractivity contribution in [3.05, 3.63) is 5.69 Å². The van der Waals surface area contributed by atoms with Gasteiger partial charge in [0.25, 0.3) is 0 Å². The molecular weight excluding hydrogens is 200 g/mol. The van der Waals surface area contributed by atoms with Gasteiger partial charge < -0.3 is 5.73 Å². The second-order valence-corrected chi connectivity index (χ2v) is 4.84. The zero-order valence-corrected chi connectivity index (χ0v) is 9.39. The van der Waals surface area contributed by atoms with Crippen LogP contribution in [0.1, 0.15) is 19.0 Å². The second-order valence-electron chi connectivity index (χ2n) is 2.45. The fraction of sp³-hybridized carbons (Fsp3) is 0.444. The topological polar surface area (TPSA) is 38.9 Å². The third kappa shape index (κ3) is 3.29. The minimum atomic E-state index is 0.654. The van der Waals surface area contributed by atoms with E-state index < -0.39 is 0 Å². The lowest BCUT2D eigenvalue weighted by Crippen LogP contribution is -1.80. The Hall–Kier alpha value is -0.660. The highest BCUT2D eigenvalue weighted by molar-refractivity contribution is 8.01. The molecule has 13 heavy (non-hydrogen) atoms. The maximum absolute atomic E-state index is 5.58. The summed E-state index contributed by atoms with van der Waals surface area (Å²) in [6, 6.07) is 0. The van der Waals surface area contributed by atoms with E-state index in [0.717, 1.165) is 17.9 Å². The van der Waals surface area contributed by atoms with Gasteiger partial charge in [0.15, 0.2) is 5.13 Å². The summed E-state index contributed by atoms with van der Waals surface area (Å²) in [5.41, 5.74) is 6.61. The number of aromatic nitrogens is 1. The van der Waals surface area contributed by atoms with Crippen molar-refractivity contribution in [2.75, 3.05) is 11.5 Å². The van der Waals surface area contributed by atoms with Crippen molar-refractivity contribution in [2.45, 2.75) is 24.5 Å². The summed E-state index contributed by atoms with van der Waals surface area (Å²) >= 11 is 3.34. The summed E-state index contributed by atoms with van der Waals surface area (Å²) in [4.78, 5) is 4.15. The van der Waals surface area contributed by atoms with E-state index in [9.17, 15) is 0 Å². The van der Waals surface area contributed by atoms with Crippen LogP contribution in [0.5, 0.6) is 0 Å². The van der Waals surface area contributed by atoms with Crippen LogP contribution in [0, 0.1) is 18.8 Å². The van der Waals surface area contributed by atoms with Gasteiger partial charge in [-0.25, -0.2) is 4.98 Å². The molecule has 1 heterocycles. The van der Waals surface area contributed by atoms with Crippen molar-refractivity contribution in [1.29, 1.82) is 0 Å². The molecule has 0 atom stereocenters. The fourth-order valence-electron chi connectivity index (χ4n) is 0.856. The Morgan fingerprint density at radius 1 is 1.62 bits per heavy atom. The van der Waals surface area contributed by atoms with Crippen molar-refractivity contribution in [3.63, 3.8) is 0 Å². The maximum Gasteiger partial charge on any atom is 0.181 e. The smallest absolute Gasteiger partial charge is 0.181 e. The Morgan fingerprint density at radius 3 is 2.92 bits per heavy atom. The second kappa shape index (κ2) is 5.15. The first kappa shape index (κ1) is 10.4. The van der Waals surface area contributed by atoms with Crippen LogP contribution in [0.3, 0.4) is 0 Å². The molecule has 0 fully saturated rings. The maximum atomic E-state index is 5.58. The molecule has 1 aromatic heterocycles. The zero-order valence-electron chi connectivity index (χ0n) is 7.76. The highest BCUT2D eigenvalue weighted by atomic mass is 32.2. The molecule has 0 aliphatic rings. The molecule has 0 unspecified atom stereocenters. The van der Waals surface area contributed by atoms with Crippen LogP contribution in [-0.4, -0.2) is 10.7 Å². The Balaban J connectivity index is 2.43. The van der Waals surface area contributed by atoms with E-state index in [4.69, 9.17) is 5.73 Å². The van der Waals surface area contributed by atoms with Crippen LogP contribution in [0.15, 0.2) is 4.21 Å². The Labute approximate surface area is 86.9 Å². The van der Waals surface area contributed by atoms with E-state index >= 15 is 0 Å². The van der Waals surface area contributed by atoms with Gasteiger partial charge in [0.2, 0.25) is 0 Å². The van der Waals surface area contributed by atoms with E-state index in [0.29, 0.717) is 5.13 Å². The standard InChI is InChI=1S/C9H12N2S2/c1-3-4-5-6-12-8-7(2)11-9(10)13-8/h5-6H2,1-2H3,(H2,10,11). The van der Waals surface area contributed by atoms with Gasteiger partial charge in [-0.15, -0.1) is 23.6 Å². The monoisotopic (exact) mass is 212 g/mol. The molecule has 0 aliphatic heterocycles. The lowest BCUT2D eigenvalue weighted by molar-refractivity contribution is 1.21. The summed E-state index contributed by atoms with van der Waals surface area (Å²) in [6.45, 7) is 3.85. The summed E-state index contributed by atoms with van der Waals surface area (Å²) in [5, 5.41) is 0.654. The van der Waals surface area contributed by atoms with Gasteiger partial charge in [0, 0.05) is 12.2 Å². The van der Waals surface area contributed by atoms with E-state index in [1.54, 1.807) is 23.1 Å². The van der Waals surface area contributed by atoms with Gasteiger partial charge in [-0.3, -0.25) is 0 Å². The summed E-state index contributed by atoms with van der Waals surface area (Å²) in [7, 11) is 0. The first-order valence-electron chi connectivity index (χ1n) is 3.99. The third-order valence-electron chi connectivity index (χ3n) is 1.41. The predicted octanol–water partition coefficient (Wildman–Crippen LogP) is 2.54. The predicted molar refractivity (Wildman–Crippen MR) is 60.1 cm³/mol. The average Bonchev–Trinajstić information content (AvgIpc) is 2.39. The number of thioether (sulfide) groups is 1. The van der Waals surface area contributed by atoms with Gasteiger partial charge in [0.1, 0.15) is 0 Å². The van der Waals surface area contributed by atoms with Crippen LogP contribution in [-0.2, 0) is 0 Å². The Morgan fingerprint density at radius 2 is 2.38 bits per heavy atom. The molecule has 0 aliphatic carbocycles. The summed E-state index contributed by atoms with van der Waals surface area (Å²) in [6.07, 6.45) is 0.929. The number of anilines is 1. The highest BCUT2D eigenvalue weighted by Crippen LogP contribution is 2.30. The first-order valence-corrected chi connectivity index (χ1v) is 5.79. The number of aryl methyl sites for hydroxylation is 1. The number of hydrogen-bond acceptors (Lipinski definition) is 4. The molecule has 4 heteroatoms. The Kier molecular flexibility index (Phi) is 4.13. The molecule has 70 valence electrons. The molecular formula is C9H12N2S2. The minimum absolute atomic E-state index is 0.654. The van der Waals surface area contributed by atoms with Crippen molar-refractivity contribution >= 4 is 28.2 Å². The highest BCUT2D eigenvalue weighted by Gasteiger charge is 2.04. The summed E-state index contributed by atoms with van der Waals surface area (Å²) < 4.78 is 1.22. The number of thiazole rings is 1. The molecule has 1 rings (SSSR count). The number of hydrogen-bond donors (Lipinski definition) is 1. The van der Waals surface area contributed by atoms with Crippen LogP contribution in [0.25, 0.3) is 0 Å². The van der Waals surface area contributed by atoms with Crippen LogP contribution < -0.4 is 5.73 Å². The minimum Gasteiger partial charge on any atom is -0.375 e. The first-order chi connectivity index (χ1) is 6.24. The van der Waals surface area contributed by atoms with Crippen molar-refractivity contribution in [2.24, 2.45) is 0 Å². The van der Waals surface area contributed by atoms with Gasteiger partial charge >= 0.3 is 0 Å². The summed E-state index contributed by atoms with van der Waals surface area (Å²) in [5.74, 6) is 6.92. The molecule has 2 N–H and O–H groups in total. The van der Waals surface area contributed by atoms with Gasteiger partial charge in [0.05, 0.1) is 9.90 Å². The van der Waals surface area contributed by atoms with Gasteiger partial charge in [-0.2, -0.15) is 0 Å². The van der Waals surface area contributed by atoms with E-state index in [2.05, 4.69) is 16.8 Å². The number of nitrogen functional groups attached to an aromatic ring is 1. The molecule has 1 aromatic rings. The third-order valence-corrected chi connectivity index (χ3v) is 3.76. The molecule has 2 nitrogen and oxygen atoms in total. The molecule has 0 aromatic carbocycles. The van der Waals surface area contributed by atoms with E-state index in [-0.39, 0.29) is 0 Å². The van der Waals surface area contributed by atoms with Crippen molar-refractivity contribution < 1.29 is 0 Å². The number of nitrogens with zero attached hydrogens (tertiary/aromatic N) is 1. The molecule has 0 spiro atoms. The SMILES string of the molecule is CC#CCCSc1sc(N)nc1C. The van der Waals surface area contributed by atoms with E-state index in [1.165, 1.54) is 4.21 Å². The van der Waals surface area contributed by atoms with Crippen molar-refractivity contribution in [1.82, 2.24) is 4.98 Å². The molecule has 0 saturated carbocycles. The van der Waals surface area contributed by atoms with Gasteiger partial charge in [-0.05, 0) is 13.8 Å². The number of rotatable bonds is 3. The fourth-order valence-corrected chi connectivity index (χ4v) is 2.81. The molecule has 0 bridgehead atoms. The lowest BCUT2D eigenvalue weighted by Gasteiger charge is -1.93. The number of nitrogens with two attached hydrogens (primary N) is 1. The largest absolute Gasteiger partial charge is 0.375 e. The Bertz CT molecular complexity index is 333. The zero-order chi connectivity index (χ0) is 9.68. The van der Waals surface area contributed by atoms with Crippen LogP contribution in [0.2, 0.25) is 0 Å². The molecule has 0 radical (unpaired) electrons. The van der Waals surface area contributed by atoms with Crippen LogP contribution >= 0.6 is 23.1 Å². The average molecular weight is 212 g/mol. The van der Waals surface area contributed by atoms with Gasteiger partial charge in [-0.1, -0.05) is 11.3 Å². The normalized spacial score (nSPS) is 9.38. The molecule has 0 saturated heterocycles. The lowest BCUT2D eigenvalue weighted by atomic mass is 10.5. The van der Waals surface area contributed by atoms with E-state index in [1.807, 2.05) is 13.8 Å². The molecule has 0 amide bonds.